The molecule has 0 spiro atoms. The predicted molar refractivity (Wildman–Crippen MR) is 71.0 cm³/mol. The Morgan fingerprint density at radius 1 is 1.16 bits per heavy atom. The summed E-state index contributed by atoms with van der Waals surface area (Å²) < 4.78 is 1.99. The van der Waals surface area contributed by atoms with Crippen molar-refractivity contribution in [2.24, 2.45) is 35.3 Å². The first-order valence-electron chi connectivity index (χ1n) is 7.73. The minimum Gasteiger partial charge on any atom is -0.324 e. The van der Waals surface area contributed by atoms with Gasteiger partial charge < -0.3 is 5.73 Å². The fourth-order valence-electron chi connectivity index (χ4n) is 5.58. The SMILES string of the molecule is CC(C1C2CC3CC(C2)CC1C3)n1nnnc1CN. The first-order chi connectivity index (χ1) is 9.26. The molecule has 4 aliphatic carbocycles. The third-order valence-corrected chi connectivity index (χ3v) is 5.99. The van der Waals surface area contributed by atoms with Gasteiger partial charge in [0.15, 0.2) is 5.82 Å². The summed E-state index contributed by atoms with van der Waals surface area (Å²) >= 11 is 0. The molecule has 5 nitrogen and oxygen atoms in total. The predicted octanol–water partition coefficient (Wildman–Crippen LogP) is 1.77. The Morgan fingerprint density at radius 3 is 2.37 bits per heavy atom. The summed E-state index contributed by atoms with van der Waals surface area (Å²) in [5, 5.41) is 12.0. The minimum absolute atomic E-state index is 0.406. The lowest BCUT2D eigenvalue weighted by atomic mass is 9.50. The molecule has 5 heteroatoms. The van der Waals surface area contributed by atoms with Gasteiger partial charge in [0, 0.05) is 0 Å². The van der Waals surface area contributed by atoms with Gasteiger partial charge in [-0.15, -0.1) is 5.10 Å². The fourth-order valence-corrected chi connectivity index (χ4v) is 5.58. The molecular weight excluding hydrogens is 238 g/mol. The Kier molecular flexibility index (Phi) is 2.65. The van der Waals surface area contributed by atoms with E-state index in [9.17, 15) is 0 Å². The molecule has 19 heavy (non-hydrogen) atoms. The highest BCUT2D eigenvalue weighted by atomic mass is 15.6. The van der Waals surface area contributed by atoms with E-state index in [0.29, 0.717) is 12.6 Å². The molecule has 1 aromatic rings. The van der Waals surface area contributed by atoms with Gasteiger partial charge in [-0.05, 0) is 79.0 Å². The molecule has 4 saturated carbocycles. The number of rotatable bonds is 3. The van der Waals surface area contributed by atoms with Crippen LogP contribution in [0.4, 0.5) is 0 Å². The van der Waals surface area contributed by atoms with Crippen LogP contribution in [-0.4, -0.2) is 20.2 Å². The summed E-state index contributed by atoms with van der Waals surface area (Å²) in [5.74, 6) is 5.45. The van der Waals surface area contributed by atoms with Crippen molar-refractivity contribution >= 4 is 0 Å². The Morgan fingerprint density at radius 2 is 1.79 bits per heavy atom. The molecule has 1 atom stereocenters. The first-order valence-corrected chi connectivity index (χ1v) is 7.73. The van der Waals surface area contributed by atoms with Gasteiger partial charge in [0.25, 0.3) is 0 Å². The molecule has 104 valence electrons. The fraction of sp³-hybridized carbons (Fsp3) is 0.929. The molecule has 0 aliphatic heterocycles. The number of nitrogens with two attached hydrogens (primary N) is 1. The van der Waals surface area contributed by atoms with Crippen molar-refractivity contribution in [2.45, 2.75) is 51.6 Å². The van der Waals surface area contributed by atoms with Crippen molar-refractivity contribution in [1.29, 1.82) is 0 Å². The zero-order chi connectivity index (χ0) is 13.0. The van der Waals surface area contributed by atoms with E-state index in [1.165, 1.54) is 32.1 Å². The molecule has 0 aromatic carbocycles. The second-order valence-electron chi connectivity index (χ2n) is 6.99. The van der Waals surface area contributed by atoms with E-state index in [1.807, 2.05) is 4.68 Å². The molecule has 1 unspecified atom stereocenters. The average Bonchev–Trinajstić information content (AvgIpc) is 2.85. The lowest BCUT2D eigenvalue weighted by Gasteiger charge is -2.56. The highest BCUT2D eigenvalue weighted by Gasteiger charge is 2.50. The van der Waals surface area contributed by atoms with Crippen molar-refractivity contribution in [2.75, 3.05) is 0 Å². The van der Waals surface area contributed by atoms with Gasteiger partial charge >= 0.3 is 0 Å². The number of hydrogen-bond acceptors (Lipinski definition) is 4. The first kappa shape index (κ1) is 11.8. The van der Waals surface area contributed by atoms with Crippen LogP contribution in [0.1, 0.15) is 50.9 Å². The van der Waals surface area contributed by atoms with E-state index in [4.69, 9.17) is 5.73 Å². The van der Waals surface area contributed by atoms with Gasteiger partial charge in [-0.25, -0.2) is 4.68 Å². The van der Waals surface area contributed by atoms with Crippen LogP contribution in [0, 0.1) is 29.6 Å². The van der Waals surface area contributed by atoms with Crippen molar-refractivity contribution in [1.82, 2.24) is 20.2 Å². The lowest BCUT2D eigenvalue weighted by Crippen LogP contribution is -2.47. The van der Waals surface area contributed by atoms with E-state index < -0.39 is 0 Å². The normalized spacial score (nSPS) is 41.7. The largest absolute Gasteiger partial charge is 0.324 e. The van der Waals surface area contributed by atoms with Crippen LogP contribution in [-0.2, 0) is 6.54 Å². The Hall–Kier alpha value is -0.970. The molecule has 0 radical (unpaired) electrons. The molecule has 0 saturated heterocycles. The van der Waals surface area contributed by atoms with Gasteiger partial charge in [-0.3, -0.25) is 0 Å². The Balaban J connectivity index is 1.62. The second kappa shape index (κ2) is 4.27. The molecule has 0 amide bonds. The van der Waals surface area contributed by atoms with Gasteiger partial charge in [-0.1, -0.05) is 0 Å². The summed E-state index contributed by atoms with van der Waals surface area (Å²) in [5.41, 5.74) is 5.74. The number of aromatic nitrogens is 4. The monoisotopic (exact) mass is 261 g/mol. The van der Waals surface area contributed by atoms with E-state index in [-0.39, 0.29) is 0 Å². The summed E-state index contributed by atoms with van der Waals surface area (Å²) in [7, 11) is 0. The summed E-state index contributed by atoms with van der Waals surface area (Å²) in [4.78, 5) is 0. The Labute approximate surface area is 113 Å². The number of hydrogen-bond donors (Lipinski definition) is 1. The van der Waals surface area contributed by atoms with E-state index >= 15 is 0 Å². The van der Waals surface area contributed by atoms with Crippen LogP contribution in [0.25, 0.3) is 0 Å². The molecule has 4 bridgehead atoms. The highest BCUT2D eigenvalue weighted by Crippen LogP contribution is 2.58. The summed E-state index contributed by atoms with van der Waals surface area (Å²) in [6, 6.07) is 0.406. The molecule has 2 N–H and O–H groups in total. The topological polar surface area (TPSA) is 69.6 Å². The average molecular weight is 261 g/mol. The molecule has 1 aromatic heterocycles. The van der Waals surface area contributed by atoms with Gasteiger partial charge in [0.05, 0.1) is 12.6 Å². The lowest BCUT2D eigenvalue weighted by molar-refractivity contribution is -0.0577. The van der Waals surface area contributed by atoms with Crippen LogP contribution >= 0.6 is 0 Å². The van der Waals surface area contributed by atoms with Crippen molar-refractivity contribution < 1.29 is 0 Å². The van der Waals surface area contributed by atoms with Crippen LogP contribution in [0.5, 0.6) is 0 Å². The van der Waals surface area contributed by atoms with Gasteiger partial charge in [0.2, 0.25) is 0 Å². The molecule has 1 heterocycles. The molecule has 4 aliphatic rings. The maximum Gasteiger partial charge on any atom is 0.165 e. The Bertz CT molecular complexity index is 440. The zero-order valence-electron chi connectivity index (χ0n) is 11.6. The van der Waals surface area contributed by atoms with Crippen LogP contribution in [0.15, 0.2) is 0 Å². The third kappa shape index (κ3) is 1.74. The molecule has 4 fully saturated rings. The maximum atomic E-state index is 5.74. The number of tetrazole rings is 1. The van der Waals surface area contributed by atoms with Crippen LogP contribution < -0.4 is 5.73 Å². The second-order valence-corrected chi connectivity index (χ2v) is 6.99. The van der Waals surface area contributed by atoms with Crippen molar-refractivity contribution in [3.63, 3.8) is 0 Å². The van der Waals surface area contributed by atoms with Gasteiger partial charge in [-0.2, -0.15) is 0 Å². The number of nitrogens with zero attached hydrogens (tertiary/aromatic N) is 4. The molecular formula is C14H23N5. The van der Waals surface area contributed by atoms with Crippen molar-refractivity contribution in [3.05, 3.63) is 5.82 Å². The third-order valence-electron chi connectivity index (χ3n) is 5.99. The maximum absolute atomic E-state index is 5.74. The zero-order valence-corrected chi connectivity index (χ0v) is 11.6. The molecule has 5 rings (SSSR count). The van der Waals surface area contributed by atoms with Crippen LogP contribution in [0.2, 0.25) is 0 Å². The smallest absolute Gasteiger partial charge is 0.165 e. The van der Waals surface area contributed by atoms with Gasteiger partial charge in [0.1, 0.15) is 0 Å². The standard InChI is InChI=1S/C14H23N5/c1-8(19-13(7-15)16-17-18-19)14-11-3-9-2-10(5-11)6-12(14)4-9/h8-12,14H,2-7,15H2,1H3. The van der Waals surface area contributed by atoms with E-state index in [0.717, 1.165) is 35.4 Å². The summed E-state index contributed by atoms with van der Waals surface area (Å²) in [6.45, 7) is 2.73. The quantitative estimate of drug-likeness (QED) is 0.900. The van der Waals surface area contributed by atoms with E-state index in [2.05, 4.69) is 22.4 Å². The van der Waals surface area contributed by atoms with E-state index in [1.54, 1.807) is 0 Å². The van der Waals surface area contributed by atoms with Crippen molar-refractivity contribution in [3.8, 4) is 0 Å². The minimum atomic E-state index is 0.406. The van der Waals surface area contributed by atoms with Crippen LogP contribution in [0.3, 0.4) is 0 Å². The highest BCUT2D eigenvalue weighted by molar-refractivity contribution is 5.01. The summed E-state index contributed by atoms with van der Waals surface area (Å²) in [6.07, 6.45) is 7.29.